The van der Waals surface area contributed by atoms with Crippen molar-refractivity contribution in [1.29, 1.82) is 0 Å². The summed E-state index contributed by atoms with van der Waals surface area (Å²) in [6.45, 7) is 2.01. The van der Waals surface area contributed by atoms with E-state index in [1.54, 1.807) is 6.92 Å². The van der Waals surface area contributed by atoms with E-state index in [1.165, 1.54) is 30.4 Å². The van der Waals surface area contributed by atoms with Crippen LogP contribution in [0.25, 0.3) is 6.08 Å². The normalized spacial score (nSPS) is 10.6. The van der Waals surface area contributed by atoms with Crippen molar-refractivity contribution in [3.63, 3.8) is 0 Å². The topological polar surface area (TPSA) is 63.6 Å². The molecule has 0 unspecified atom stereocenters. The number of aliphatic carboxylic acids is 1. The van der Waals surface area contributed by atoms with E-state index in [9.17, 15) is 14.0 Å². The second-order valence-corrected chi connectivity index (χ2v) is 3.84. The zero-order valence-corrected chi connectivity index (χ0v) is 10.6. The minimum atomic E-state index is -0.979. The zero-order chi connectivity index (χ0) is 14.3. The van der Waals surface area contributed by atoms with Crippen LogP contribution >= 0.6 is 0 Å². The Kier molecular flexibility index (Phi) is 5.73. The van der Waals surface area contributed by atoms with Gasteiger partial charge < -0.3 is 9.84 Å². The highest BCUT2D eigenvalue weighted by atomic mass is 19.1. The minimum Gasteiger partial charge on any atom is -0.481 e. The Labute approximate surface area is 110 Å². The van der Waals surface area contributed by atoms with Gasteiger partial charge in [0.05, 0.1) is 19.4 Å². The second kappa shape index (κ2) is 7.31. The Morgan fingerprint density at radius 2 is 2.16 bits per heavy atom. The van der Waals surface area contributed by atoms with Gasteiger partial charge in [-0.2, -0.15) is 0 Å². The number of carboxylic acid groups (broad SMARTS) is 1. The summed E-state index contributed by atoms with van der Waals surface area (Å²) in [5.74, 6) is -1.83. The van der Waals surface area contributed by atoms with Gasteiger partial charge >= 0.3 is 11.9 Å². The first kappa shape index (κ1) is 14.9. The molecule has 4 nitrogen and oxygen atoms in total. The fourth-order valence-electron chi connectivity index (χ4n) is 1.51. The van der Waals surface area contributed by atoms with E-state index in [2.05, 4.69) is 0 Å². The standard InChI is InChI=1S/C14H15FO4/c1-2-19-14(18)5-3-4-11-8-10(9-13(16)17)6-7-12(11)15/h3-4,6-8H,2,5,9H2,1H3,(H,16,17). The Balaban J connectivity index is 2.73. The van der Waals surface area contributed by atoms with E-state index in [-0.39, 0.29) is 24.4 Å². The molecule has 0 heterocycles. The highest BCUT2D eigenvalue weighted by molar-refractivity contribution is 5.73. The molecule has 102 valence electrons. The minimum absolute atomic E-state index is 0.0520. The van der Waals surface area contributed by atoms with Crippen LogP contribution in [0.5, 0.6) is 0 Å². The SMILES string of the molecule is CCOC(=O)CC=Cc1cc(CC(=O)O)ccc1F. The van der Waals surface area contributed by atoms with Crippen LogP contribution in [0, 0.1) is 5.82 Å². The molecule has 0 saturated heterocycles. The first-order valence-electron chi connectivity index (χ1n) is 5.85. The van der Waals surface area contributed by atoms with E-state index in [0.29, 0.717) is 12.2 Å². The summed E-state index contributed by atoms with van der Waals surface area (Å²) in [5, 5.41) is 8.66. The average molecular weight is 266 g/mol. The number of esters is 1. The number of benzene rings is 1. The second-order valence-electron chi connectivity index (χ2n) is 3.84. The van der Waals surface area contributed by atoms with Crippen LogP contribution in [-0.2, 0) is 20.7 Å². The fourth-order valence-corrected chi connectivity index (χ4v) is 1.51. The molecule has 0 aromatic heterocycles. The van der Waals surface area contributed by atoms with Crippen LogP contribution in [0.3, 0.4) is 0 Å². The molecule has 0 amide bonds. The van der Waals surface area contributed by atoms with Gasteiger partial charge in [0, 0.05) is 5.56 Å². The lowest BCUT2D eigenvalue weighted by molar-refractivity contribution is -0.142. The third-order valence-corrected chi connectivity index (χ3v) is 2.30. The van der Waals surface area contributed by atoms with Crippen molar-refractivity contribution in [2.45, 2.75) is 19.8 Å². The average Bonchev–Trinajstić information content (AvgIpc) is 2.33. The number of hydrogen-bond acceptors (Lipinski definition) is 3. The maximum Gasteiger partial charge on any atom is 0.309 e. The molecule has 0 radical (unpaired) electrons. The molecule has 0 aliphatic heterocycles. The largest absolute Gasteiger partial charge is 0.481 e. The van der Waals surface area contributed by atoms with Crippen LogP contribution in [0.2, 0.25) is 0 Å². The Morgan fingerprint density at radius 3 is 2.79 bits per heavy atom. The molecular weight excluding hydrogens is 251 g/mol. The fraction of sp³-hybridized carbons (Fsp3) is 0.286. The number of carboxylic acids is 1. The molecule has 1 aromatic carbocycles. The quantitative estimate of drug-likeness (QED) is 0.803. The Bertz CT molecular complexity index is 494. The van der Waals surface area contributed by atoms with Crippen molar-refractivity contribution < 1.29 is 23.8 Å². The van der Waals surface area contributed by atoms with Gasteiger partial charge in [-0.3, -0.25) is 9.59 Å². The number of carbonyl (C=O) groups excluding carboxylic acids is 1. The molecular formula is C14H15FO4. The lowest BCUT2D eigenvalue weighted by atomic mass is 10.1. The molecule has 0 spiro atoms. The highest BCUT2D eigenvalue weighted by Gasteiger charge is 2.05. The summed E-state index contributed by atoms with van der Waals surface area (Å²) < 4.78 is 18.2. The van der Waals surface area contributed by atoms with Crippen molar-refractivity contribution >= 4 is 18.0 Å². The first-order chi connectivity index (χ1) is 9.02. The van der Waals surface area contributed by atoms with Crippen LogP contribution in [0.4, 0.5) is 4.39 Å². The van der Waals surface area contributed by atoms with Crippen molar-refractivity contribution in [1.82, 2.24) is 0 Å². The highest BCUT2D eigenvalue weighted by Crippen LogP contribution is 2.13. The number of rotatable bonds is 6. The van der Waals surface area contributed by atoms with Gasteiger partial charge in [-0.15, -0.1) is 0 Å². The smallest absolute Gasteiger partial charge is 0.309 e. The maximum atomic E-state index is 13.5. The molecule has 0 atom stereocenters. The summed E-state index contributed by atoms with van der Waals surface area (Å²) in [5.41, 5.74) is 0.757. The predicted octanol–water partition coefficient (Wildman–Crippen LogP) is 2.42. The summed E-state index contributed by atoms with van der Waals surface area (Å²) in [7, 11) is 0. The zero-order valence-electron chi connectivity index (χ0n) is 10.6. The van der Waals surface area contributed by atoms with E-state index < -0.39 is 11.8 Å². The van der Waals surface area contributed by atoms with Gasteiger partial charge in [-0.25, -0.2) is 4.39 Å². The number of carbonyl (C=O) groups is 2. The first-order valence-corrected chi connectivity index (χ1v) is 5.85. The van der Waals surface area contributed by atoms with Gasteiger partial charge in [0.2, 0.25) is 0 Å². The van der Waals surface area contributed by atoms with Crippen molar-refractivity contribution in [2.75, 3.05) is 6.61 Å². The van der Waals surface area contributed by atoms with Crippen molar-refractivity contribution in [3.8, 4) is 0 Å². The third kappa shape index (κ3) is 5.33. The molecule has 0 saturated carbocycles. The van der Waals surface area contributed by atoms with Crippen LogP contribution in [0.1, 0.15) is 24.5 Å². The van der Waals surface area contributed by atoms with Crippen LogP contribution in [-0.4, -0.2) is 23.7 Å². The summed E-state index contributed by atoms with van der Waals surface area (Å²) in [4.78, 5) is 21.7. The molecule has 0 fully saturated rings. The molecule has 1 rings (SSSR count). The van der Waals surface area contributed by atoms with Crippen molar-refractivity contribution in [3.05, 3.63) is 41.2 Å². The van der Waals surface area contributed by atoms with E-state index in [4.69, 9.17) is 9.84 Å². The maximum absolute atomic E-state index is 13.5. The molecule has 0 bridgehead atoms. The molecule has 19 heavy (non-hydrogen) atoms. The molecule has 0 aliphatic rings. The number of ether oxygens (including phenoxy) is 1. The van der Waals surface area contributed by atoms with E-state index >= 15 is 0 Å². The lowest BCUT2D eigenvalue weighted by Crippen LogP contribution is -2.02. The summed E-state index contributed by atoms with van der Waals surface area (Å²) in [6.07, 6.45) is 2.81. The molecule has 5 heteroatoms. The van der Waals surface area contributed by atoms with Gasteiger partial charge in [-0.05, 0) is 24.6 Å². The Morgan fingerprint density at radius 1 is 1.42 bits per heavy atom. The lowest BCUT2D eigenvalue weighted by Gasteiger charge is -2.01. The van der Waals surface area contributed by atoms with Crippen molar-refractivity contribution in [2.24, 2.45) is 0 Å². The van der Waals surface area contributed by atoms with E-state index in [0.717, 1.165) is 0 Å². The number of hydrogen-bond donors (Lipinski definition) is 1. The monoisotopic (exact) mass is 266 g/mol. The van der Waals surface area contributed by atoms with Gasteiger partial charge in [0.15, 0.2) is 0 Å². The number of halogens is 1. The Hall–Kier alpha value is -2.17. The van der Waals surface area contributed by atoms with E-state index in [1.807, 2.05) is 0 Å². The van der Waals surface area contributed by atoms with Gasteiger partial charge in [0.1, 0.15) is 5.82 Å². The summed E-state index contributed by atoms with van der Waals surface area (Å²) >= 11 is 0. The molecule has 0 aliphatic carbocycles. The van der Waals surface area contributed by atoms with Gasteiger partial charge in [0.25, 0.3) is 0 Å². The summed E-state index contributed by atoms with van der Waals surface area (Å²) in [6, 6.07) is 4.08. The molecule has 1 N–H and O–H groups in total. The van der Waals surface area contributed by atoms with Crippen LogP contribution < -0.4 is 0 Å². The predicted molar refractivity (Wildman–Crippen MR) is 68.0 cm³/mol. The molecule has 1 aromatic rings. The van der Waals surface area contributed by atoms with Crippen LogP contribution in [0.15, 0.2) is 24.3 Å². The third-order valence-electron chi connectivity index (χ3n) is 2.30. The van der Waals surface area contributed by atoms with Gasteiger partial charge in [-0.1, -0.05) is 18.2 Å².